The minimum Gasteiger partial charge on any atom is -0.473 e. The first-order chi connectivity index (χ1) is 11.0. The predicted octanol–water partition coefficient (Wildman–Crippen LogP) is -0.119. The molecule has 0 saturated carbocycles. The van der Waals surface area contributed by atoms with Gasteiger partial charge in [-0.25, -0.2) is 9.59 Å². The summed E-state index contributed by atoms with van der Waals surface area (Å²) in [6, 6.07) is 9.54. The van der Waals surface area contributed by atoms with Crippen LogP contribution in [0.15, 0.2) is 30.3 Å². The average molecular weight is 327 g/mol. The van der Waals surface area contributed by atoms with Crippen LogP contribution in [0.25, 0.3) is 0 Å². The lowest BCUT2D eigenvalue weighted by molar-refractivity contribution is -0.159. The number of rotatable bonds is 5. The molecule has 4 N–H and O–H groups in total. The molecule has 2 atom stereocenters. The van der Waals surface area contributed by atoms with E-state index in [2.05, 4.69) is 5.32 Å². The van der Waals surface area contributed by atoms with Crippen molar-refractivity contribution < 1.29 is 34.4 Å². The Hall–Kier alpha value is -2.00. The number of aliphatic hydroxyl groups is 1. The Morgan fingerprint density at radius 2 is 1.91 bits per heavy atom. The predicted molar refractivity (Wildman–Crippen MR) is 80.1 cm³/mol. The summed E-state index contributed by atoms with van der Waals surface area (Å²) < 4.78 is 11.0. The molecule has 1 aliphatic heterocycles. The third-order valence-corrected chi connectivity index (χ3v) is 2.95. The summed E-state index contributed by atoms with van der Waals surface area (Å²) in [5, 5.41) is 27.9. The van der Waals surface area contributed by atoms with Crippen LogP contribution in [-0.4, -0.2) is 66.3 Å². The van der Waals surface area contributed by atoms with Crippen molar-refractivity contribution in [3.05, 3.63) is 35.9 Å². The van der Waals surface area contributed by atoms with E-state index in [9.17, 15) is 5.11 Å². The van der Waals surface area contributed by atoms with E-state index in [0.717, 1.165) is 25.3 Å². The van der Waals surface area contributed by atoms with Crippen molar-refractivity contribution in [2.75, 3.05) is 32.9 Å². The fourth-order valence-corrected chi connectivity index (χ4v) is 1.81. The molecule has 0 aliphatic carbocycles. The number of hydrogen-bond acceptors (Lipinski definition) is 6. The summed E-state index contributed by atoms with van der Waals surface area (Å²) in [4.78, 5) is 18.2. The minimum atomic E-state index is -1.82. The quantitative estimate of drug-likeness (QED) is 0.552. The van der Waals surface area contributed by atoms with Gasteiger partial charge in [-0.05, 0) is 5.56 Å². The third-order valence-electron chi connectivity index (χ3n) is 2.95. The standard InChI is InChI=1S/C13H19NO3.C2H2O4/c15-13(11-4-2-1-3-5-11)10-16-9-12-8-14-6-7-17-12;3-1(4)2(5)6/h1-5,12-15H,6-10H2;(H,3,4)(H,5,6)/t12-,13+;/m1./s1. The van der Waals surface area contributed by atoms with E-state index in [1.807, 2.05) is 30.3 Å². The van der Waals surface area contributed by atoms with E-state index in [1.165, 1.54) is 0 Å². The van der Waals surface area contributed by atoms with Gasteiger partial charge in [-0.2, -0.15) is 0 Å². The fourth-order valence-electron chi connectivity index (χ4n) is 1.81. The van der Waals surface area contributed by atoms with Crippen LogP contribution in [0.5, 0.6) is 0 Å². The van der Waals surface area contributed by atoms with Crippen LogP contribution in [0.2, 0.25) is 0 Å². The molecule has 8 nitrogen and oxygen atoms in total. The Morgan fingerprint density at radius 1 is 1.26 bits per heavy atom. The van der Waals surface area contributed by atoms with Gasteiger partial charge < -0.3 is 30.1 Å². The number of aliphatic carboxylic acids is 2. The molecule has 0 aromatic heterocycles. The fraction of sp³-hybridized carbons (Fsp3) is 0.467. The molecule has 1 fully saturated rings. The molecule has 2 rings (SSSR count). The molecule has 0 bridgehead atoms. The molecular formula is C15H21NO7. The highest BCUT2D eigenvalue weighted by Crippen LogP contribution is 2.12. The Labute approximate surface area is 133 Å². The topological polar surface area (TPSA) is 125 Å². The van der Waals surface area contributed by atoms with Crippen molar-refractivity contribution in [3.63, 3.8) is 0 Å². The molecular weight excluding hydrogens is 306 g/mol. The first-order valence-corrected chi connectivity index (χ1v) is 7.10. The van der Waals surface area contributed by atoms with Crippen LogP contribution in [0.3, 0.4) is 0 Å². The Morgan fingerprint density at radius 3 is 2.43 bits per heavy atom. The van der Waals surface area contributed by atoms with Crippen LogP contribution < -0.4 is 5.32 Å². The summed E-state index contributed by atoms with van der Waals surface area (Å²) >= 11 is 0. The highest BCUT2D eigenvalue weighted by Gasteiger charge is 2.14. The first kappa shape index (κ1) is 19.0. The van der Waals surface area contributed by atoms with Crippen molar-refractivity contribution in [1.29, 1.82) is 0 Å². The Kier molecular flexibility index (Phi) is 8.85. The van der Waals surface area contributed by atoms with Crippen molar-refractivity contribution in [2.24, 2.45) is 0 Å². The van der Waals surface area contributed by atoms with Gasteiger partial charge in [0.05, 0.1) is 25.9 Å². The van der Waals surface area contributed by atoms with Gasteiger partial charge in [-0.3, -0.25) is 0 Å². The molecule has 0 amide bonds. The van der Waals surface area contributed by atoms with Crippen molar-refractivity contribution in [1.82, 2.24) is 5.32 Å². The maximum Gasteiger partial charge on any atom is 0.414 e. The number of morpholine rings is 1. The number of ether oxygens (including phenoxy) is 2. The molecule has 128 valence electrons. The maximum absolute atomic E-state index is 9.87. The molecule has 23 heavy (non-hydrogen) atoms. The van der Waals surface area contributed by atoms with E-state index in [1.54, 1.807) is 0 Å². The minimum absolute atomic E-state index is 0.103. The van der Waals surface area contributed by atoms with E-state index >= 15 is 0 Å². The summed E-state index contributed by atoms with van der Waals surface area (Å²) in [5.74, 6) is -3.65. The number of nitrogens with one attached hydrogen (secondary N) is 1. The lowest BCUT2D eigenvalue weighted by atomic mass is 10.1. The Balaban J connectivity index is 0.000000379. The second kappa shape index (κ2) is 10.7. The second-order valence-electron chi connectivity index (χ2n) is 4.77. The maximum atomic E-state index is 9.87. The van der Waals surface area contributed by atoms with Gasteiger partial charge in [0.15, 0.2) is 0 Å². The van der Waals surface area contributed by atoms with Crippen molar-refractivity contribution in [3.8, 4) is 0 Å². The van der Waals surface area contributed by atoms with E-state index in [-0.39, 0.29) is 6.10 Å². The van der Waals surface area contributed by atoms with Gasteiger partial charge in [0.25, 0.3) is 0 Å². The summed E-state index contributed by atoms with van der Waals surface area (Å²) in [5.41, 5.74) is 0.884. The molecule has 1 aromatic rings. The lowest BCUT2D eigenvalue weighted by Gasteiger charge is -2.23. The number of aliphatic hydroxyl groups excluding tert-OH is 1. The van der Waals surface area contributed by atoms with E-state index in [4.69, 9.17) is 29.3 Å². The largest absolute Gasteiger partial charge is 0.473 e. The van der Waals surface area contributed by atoms with Crippen LogP contribution >= 0.6 is 0 Å². The first-order valence-electron chi connectivity index (χ1n) is 7.10. The number of carbonyl (C=O) groups is 2. The molecule has 1 aliphatic rings. The number of hydrogen-bond donors (Lipinski definition) is 4. The molecule has 0 spiro atoms. The summed E-state index contributed by atoms with van der Waals surface area (Å²) in [6.45, 7) is 3.29. The summed E-state index contributed by atoms with van der Waals surface area (Å²) in [7, 11) is 0. The zero-order valence-electron chi connectivity index (χ0n) is 12.6. The average Bonchev–Trinajstić information content (AvgIpc) is 2.57. The SMILES string of the molecule is O=C(O)C(=O)O.O[C@@H](COC[C@H]1CNCCO1)c1ccccc1. The van der Waals surface area contributed by atoms with Crippen molar-refractivity contribution >= 4 is 11.9 Å². The molecule has 0 radical (unpaired) electrons. The van der Waals surface area contributed by atoms with Gasteiger partial charge in [-0.1, -0.05) is 30.3 Å². The number of carboxylic acids is 2. The monoisotopic (exact) mass is 327 g/mol. The van der Waals surface area contributed by atoms with Gasteiger partial charge in [0.1, 0.15) is 6.10 Å². The molecule has 0 unspecified atom stereocenters. The van der Waals surface area contributed by atoms with Gasteiger partial charge in [-0.15, -0.1) is 0 Å². The van der Waals surface area contributed by atoms with Gasteiger partial charge in [0.2, 0.25) is 0 Å². The normalized spacial score (nSPS) is 18.4. The zero-order chi connectivity index (χ0) is 17.1. The summed E-state index contributed by atoms with van der Waals surface area (Å²) in [6.07, 6.45) is -0.459. The van der Waals surface area contributed by atoms with E-state index < -0.39 is 18.0 Å². The highest BCUT2D eigenvalue weighted by molar-refractivity contribution is 6.27. The van der Waals surface area contributed by atoms with Crippen LogP contribution in [-0.2, 0) is 19.1 Å². The molecule has 1 heterocycles. The third kappa shape index (κ3) is 8.27. The number of benzene rings is 1. The number of carboxylic acid groups (broad SMARTS) is 2. The van der Waals surface area contributed by atoms with E-state index in [0.29, 0.717) is 13.2 Å². The van der Waals surface area contributed by atoms with Crippen molar-refractivity contribution in [2.45, 2.75) is 12.2 Å². The van der Waals surface area contributed by atoms with Crippen LogP contribution in [0.4, 0.5) is 0 Å². The smallest absolute Gasteiger partial charge is 0.414 e. The van der Waals surface area contributed by atoms with Crippen LogP contribution in [0, 0.1) is 0 Å². The second-order valence-corrected chi connectivity index (χ2v) is 4.77. The molecule has 1 aromatic carbocycles. The zero-order valence-corrected chi connectivity index (χ0v) is 12.6. The molecule has 8 heteroatoms. The van der Waals surface area contributed by atoms with Gasteiger partial charge in [0, 0.05) is 13.1 Å². The van der Waals surface area contributed by atoms with Crippen LogP contribution in [0.1, 0.15) is 11.7 Å². The van der Waals surface area contributed by atoms with Gasteiger partial charge >= 0.3 is 11.9 Å². The Bertz CT molecular complexity index is 462. The lowest BCUT2D eigenvalue weighted by Crippen LogP contribution is -2.41. The molecule has 1 saturated heterocycles. The highest BCUT2D eigenvalue weighted by atomic mass is 16.5.